The number of rotatable bonds is 7. The lowest BCUT2D eigenvalue weighted by Crippen LogP contribution is -2.36. The lowest BCUT2D eigenvalue weighted by Gasteiger charge is -2.26. The van der Waals surface area contributed by atoms with Gasteiger partial charge in [0.1, 0.15) is 12.2 Å². The van der Waals surface area contributed by atoms with Gasteiger partial charge in [0, 0.05) is 32.5 Å². The van der Waals surface area contributed by atoms with E-state index in [9.17, 15) is 9.59 Å². The first-order chi connectivity index (χ1) is 10.6. The number of aryl methyl sites for hydroxylation is 1. The van der Waals surface area contributed by atoms with Crippen LogP contribution < -0.4 is 5.32 Å². The molecule has 1 aromatic rings. The predicted molar refractivity (Wildman–Crippen MR) is 81.9 cm³/mol. The largest absolute Gasteiger partial charge is 0.346 e. The molecule has 0 aliphatic carbocycles. The highest BCUT2D eigenvalue weighted by Crippen LogP contribution is 2.12. The summed E-state index contributed by atoms with van der Waals surface area (Å²) in [6, 6.07) is -0.161. The molecule has 2 rings (SSSR count). The van der Waals surface area contributed by atoms with Gasteiger partial charge in [0.15, 0.2) is 0 Å². The van der Waals surface area contributed by atoms with Crippen LogP contribution in [0.1, 0.15) is 57.8 Å². The van der Waals surface area contributed by atoms with Crippen molar-refractivity contribution >= 4 is 11.8 Å². The minimum absolute atomic E-state index is 0.0115. The average molecular weight is 307 g/mol. The smallest absolute Gasteiger partial charge is 0.222 e. The van der Waals surface area contributed by atoms with Gasteiger partial charge in [-0.3, -0.25) is 9.59 Å². The van der Waals surface area contributed by atoms with E-state index in [1.807, 2.05) is 18.7 Å². The molecular formula is C15H25N5O2. The topological polar surface area (TPSA) is 80.1 Å². The third-order valence-electron chi connectivity index (χ3n) is 3.96. The zero-order valence-electron chi connectivity index (χ0n) is 13.4. The van der Waals surface area contributed by atoms with E-state index in [0.717, 1.165) is 31.8 Å². The Morgan fingerprint density at radius 1 is 1.45 bits per heavy atom. The standard InChI is InChI=1S/C15H25N5O2/c1-3-20-15(16-11-17-20)12(2)18-13(21)7-6-10-19-9-5-4-8-14(19)22/h11-12H,3-10H2,1-2H3,(H,18,21)/t12-/m0/s1. The van der Waals surface area contributed by atoms with Gasteiger partial charge in [-0.05, 0) is 33.1 Å². The van der Waals surface area contributed by atoms with E-state index in [-0.39, 0.29) is 17.9 Å². The Kier molecular flexibility index (Phi) is 5.91. The molecule has 1 fully saturated rings. The number of piperidine rings is 1. The van der Waals surface area contributed by atoms with Crippen molar-refractivity contribution in [2.45, 2.75) is 58.5 Å². The Bertz CT molecular complexity index is 514. The van der Waals surface area contributed by atoms with E-state index in [0.29, 0.717) is 25.8 Å². The summed E-state index contributed by atoms with van der Waals surface area (Å²) in [7, 11) is 0. The van der Waals surface area contributed by atoms with Crippen LogP contribution in [0.4, 0.5) is 0 Å². The molecule has 0 radical (unpaired) electrons. The minimum Gasteiger partial charge on any atom is -0.346 e. The van der Waals surface area contributed by atoms with Gasteiger partial charge in [-0.2, -0.15) is 5.10 Å². The Morgan fingerprint density at radius 2 is 2.27 bits per heavy atom. The minimum atomic E-state index is -0.161. The number of nitrogens with one attached hydrogen (secondary N) is 1. The van der Waals surface area contributed by atoms with E-state index >= 15 is 0 Å². The first-order valence-electron chi connectivity index (χ1n) is 8.06. The van der Waals surface area contributed by atoms with Gasteiger partial charge < -0.3 is 10.2 Å². The van der Waals surface area contributed by atoms with Gasteiger partial charge in [0.2, 0.25) is 11.8 Å². The predicted octanol–water partition coefficient (Wildman–Crippen LogP) is 1.27. The van der Waals surface area contributed by atoms with Crippen molar-refractivity contribution < 1.29 is 9.59 Å². The first kappa shape index (κ1) is 16.5. The summed E-state index contributed by atoms with van der Waals surface area (Å²) in [5, 5.41) is 7.05. The molecule has 0 aromatic carbocycles. The van der Waals surface area contributed by atoms with Crippen molar-refractivity contribution in [2.75, 3.05) is 13.1 Å². The van der Waals surface area contributed by atoms with Crippen LogP contribution in [-0.2, 0) is 16.1 Å². The molecule has 1 atom stereocenters. The fourth-order valence-electron chi connectivity index (χ4n) is 2.76. The molecule has 1 N–H and O–H groups in total. The molecule has 1 saturated heterocycles. The number of carbonyl (C=O) groups excluding carboxylic acids is 2. The van der Waals surface area contributed by atoms with Crippen LogP contribution in [0, 0.1) is 0 Å². The van der Waals surface area contributed by atoms with Crippen LogP contribution in [0.2, 0.25) is 0 Å². The van der Waals surface area contributed by atoms with Crippen molar-refractivity contribution in [3.63, 3.8) is 0 Å². The molecule has 122 valence electrons. The molecular weight excluding hydrogens is 282 g/mol. The summed E-state index contributed by atoms with van der Waals surface area (Å²) in [5.41, 5.74) is 0. The summed E-state index contributed by atoms with van der Waals surface area (Å²) < 4.78 is 1.78. The number of likely N-dealkylation sites (tertiary alicyclic amines) is 1. The van der Waals surface area contributed by atoms with Crippen molar-refractivity contribution in [1.29, 1.82) is 0 Å². The van der Waals surface area contributed by atoms with Crippen molar-refractivity contribution in [3.05, 3.63) is 12.2 Å². The Hall–Kier alpha value is -1.92. The van der Waals surface area contributed by atoms with Gasteiger partial charge in [-0.15, -0.1) is 0 Å². The van der Waals surface area contributed by atoms with Crippen LogP contribution in [-0.4, -0.2) is 44.6 Å². The summed E-state index contributed by atoms with van der Waals surface area (Å²) >= 11 is 0. The molecule has 2 amide bonds. The molecule has 7 nitrogen and oxygen atoms in total. The zero-order chi connectivity index (χ0) is 15.9. The fraction of sp³-hybridized carbons (Fsp3) is 0.733. The Labute approximate surface area is 131 Å². The first-order valence-corrected chi connectivity index (χ1v) is 8.06. The van der Waals surface area contributed by atoms with Gasteiger partial charge >= 0.3 is 0 Å². The van der Waals surface area contributed by atoms with Crippen LogP contribution in [0.3, 0.4) is 0 Å². The molecule has 1 aromatic heterocycles. The van der Waals surface area contributed by atoms with Gasteiger partial charge in [-0.25, -0.2) is 9.67 Å². The number of aromatic nitrogens is 3. The second-order valence-corrected chi connectivity index (χ2v) is 5.66. The average Bonchev–Trinajstić information content (AvgIpc) is 2.98. The SMILES string of the molecule is CCn1ncnc1[C@H](C)NC(=O)CCCN1CCCCC1=O. The molecule has 0 saturated carbocycles. The van der Waals surface area contributed by atoms with Crippen LogP contribution in [0.25, 0.3) is 0 Å². The maximum atomic E-state index is 12.0. The van der Waals surface area contributed by atoms with Crippen molar-refractivity contribution in [1.82, 2.24) is 25.0 Å². The maximum absolute atomic E-state index is 12.0. The molecule has 0 unspecified atom stereocenters. The zero-order valence-corrected chi connectivity index (χ0v) is 13.4. The molecule has 0 bridgehead atoms. The van der Waals surface area contributed by atoms with E-state index < -0.39 is 0 Å². The lowest BCUT2D eigenvalue weighted by atomic mass is 10.1. The van der Waals surface area contributed by atoms with Gasteiger partial charge in [-0.1, -0.05) is 0 Å². The molecule has 7 heteroatoms. The molecule has 1 aliphatic rings. The van der Waals surface area contributed by atoms with Crippen LogP contribution in [0.5, 0.6) is 0 Å². The highest BCUT2D eigenvalue weighted by molar-refractivity contribution is 5.77. The quantitative estimate of drug-likeness (QED) is 0.822. The Balaban J connectivity index is 1.72. The van der Waals surface area contributed by atoms with E-state index in [4.69, 9.17) is 0 Å². The lowest BCUT2D eigenvalue weighted by molar-refractivity contribution is -0.133. The maximum Gasteiger partial charge on any atom is 0.222 e. The third kappa shape index (κ3) is 4.29. The van der Waals surface area contributed by atoms with Crippen LogP contribution >= 0.6 is 0 Å². The van der Waals surface area contributed by atoms with E-state index in [1.165, 1.54) is 6.33 Å². The second-order valence-electron chi connectivity index (χ2n) is 5.66. The van der Waals surface area contributed by atoms with E-state index in [1.54, 1.807) is 4.68 Å². The van der Waals surface area contributed by atoms with Gasteiger partial charge in [0.05, 0.1) is 6.04 Å². The summed E-state index contributed by atoms with van der Waals surface area (Å²) in [6.45, 7) is 6.12. The fourth-order valence-corrected chi connectivity index (χ4v) is 2.76. The highest BCUT2D eigenvalue weighted by Gasteiger charge is 2.18. The molecule has 2 heterocycles. The number of nitrogens with zero attached hydrogens (tertiary/aromatic N) is 4. The van der Waals surface area contributed by atoms with Crippen molar-refractivity contribution in [3.8, 4) is 0 Å². The second kappa shape index (κ2) is 7.91. The molecule has 22 heavy (non-hydrogen) atoms. The number of hydrogen-bond acceptors (Lipinski definition) is 4. The summed E-state index contributed by atoms with van der Waals surface area (Å²) in [5.74, 6) is 0.973. The number of amides is 2. The Morgan fingerprint density at radius 3 is 3.00 bits per heavy atom. The number of hydrogen-bond donors (Lipinski definition) is 1. The number of carbonyl (C=O) groups is 2. The van der Waals surface area contributed by atoms with Gasteiger partial charge in [0.25, 0.3) is 0 Å². The van der Waals surface area contributed by atoms with E-state index in [2.05, 4.69) is 15.4 Å². The summed E-state index contributed by atoms with van der Waals surface area (Å²) in [4.78, 5) is 29.7. The third-order valence-corrected chi connectivity index (χ3v) is 3.96. The monoisotopic (exact) mass is 307 g/mol. The van der Waals surface area contributed by atoms with Crippen molar-refractivity contribution in [2.24, 2.45) is 0 Å². The normalized spacial score (nSPS) is 16.6. The van der Waals surface area contributed by atoms with Crippen LogP contribution in [0.15, 0.2) is 6.33 Å². The molecule has 0 spiro atoms. The summed E-state index contributed by atoms with van der Waals surface area (Å²) in [6.07, 6.45) is 5.34. The molecule has 1 aliphatic heterocycles. The highest BCUT2D eigenvalue weighted by atomic mass is 16.2.